The van der Waals surface area contributed by atoms with Gasteiger partial charge in [-0.3, -0.25) is 14.4 Å². The fourth-order valence-electron chi connectivity index (χ4n) is 7.86. The Morgan fingerprint density at radius 2 is 1.78 bits per heavy atom. The first kappa shape index (κ1) is 36.7. The van der Waals surface area contributed by atoms with Gasteiger partial charge in [-0.05, 0) is 45.0 Å². The molecule has 2 aromatic carbocycles. The van der Waals surface area contributed by atoms with E-state index in [4.69, 9.17) is 14.8 Å². The molecule has 1 fully saturated rings. The minimum Gasteiger partial charge on any atom is -0.492 e. The van der Waals surface area contributed by atoms with Crippen molar-refractivity contribution in [3.05, 3.63) is 83.4 Å². The van der Waals surface area contributed by atoms with Gasteiger partial charge >= 0.3 is 6.18 Å². The van der Waals surface area contributed by atoms with Crippen LogP contribution in [0.25, 0.3) is 54.9 Å². The van der Waals surface area contributed by atoms with E-state index in [1.807, 2.05) is 50.6 Å². The molecule has 286 valence electrons. The number of aryl methyl sites for hydroxylation is 2. The van der Waals surface area contributed by atoms with Gasteiger partial charge in [-0.1, -0.05) is 12.6 Å². The molecule has 0 spiro atoms. The van der Waals surface area contributed by atoms with Gasteiger partial charge in [0.25, 0.3) is 0 Å². The average molecular weight is 780 g/mol. The van der Waals surface area contributed by atoms with E-state index in [1.54, 1.807) is 15.6 Å². The third-order valence-electron chi connectivity index (χ3n) is 10.5. The number of halogens is 6. The Labute approximate surface area is 315 Å². The summed E-state index contributed by atoms with van der Waals surface area (Å²) < 4.78 is 96.6. The molecule has 2 aliphatic rings. The number of carbonyl (C=O) groups is 1. The number of fused-ring (bicyclic) bond motifs is 3. The fraction of sp³-hybridized carbons (Fsp3) is 0.333. The number of likely N-dealkylation sites (tertiary alicyclic amines) is 1. The second kappa shape index (κ2) is 13.5. The lowest BCUT2D eigenvalue weighted by Crippen LogP contribution is -2.52. The number of alkyl halides is 3. The van der Waals surface area contributed by atoms with Gasteiger partial charge in [-0.25, -0.2) is 23.1 Å². The highest BCUT2D eigenvalue weighted by Gasteiger charge is 2.38. The van der Waals surface area contributed by atoms with E-state index < -0.39 is 36.2 Å². The second-order valence-corrected chi connectivity index (χ2v) is 15.1. The molecule has 8 rings (SSSR count). The Kier molecular flexibility index (Phi) is 9.03. The van der Waals surface area contributed by atoms with E-state index in [0.29, 0.717) is 39.8 Å². The van der Waals surface area contributed by atoms with Crippen LogP contribution in [0.15, 0.2) is 54.4 Å². The molecule has 6 aromatic rings. The highest BCUT2D eigenvalue weighted by atomic mass is 32.1. The first-order valence-electron chi connectivity index (χ1n) is 17.6. The van der Waals surface area contributed by atoms with Crippen molar-refractivity contribution in [2.75, 3.05) is 26.2 Å². The quantitative estimate of drug-likeness (QED) is 0.114. The minimum absolute atomic E-state index is 0.00787. The van der Waals surface area contributed by atoms with Crippen molar-refractivity contribution >= 4 is 38.4 Å². The molecule has 4 aromatic heterocycles. The maximum absolute atomic E-state index is 16.4. The Balaban J connectivity index is 1.32. The summed E-state index contributed by atoms with van der Waals surface area (Å²) in [6.45, 7) is 8.53. The number of nitrogens with zero attached hydrogens (tertiary/aromatic N) is 7. The Morgan fingerprint density at radius 1 is 1.02 bits per heavy atom. The maximum Gasteiger partial charge on any atom is 0.401 e. The van der Waals surface area contributed by atoms with Gasteiger partial charge in [0.05, 0.1) is 58.4 Å². The number of carbonyl (C=O) groups excluding carboxylic acids is 1. The van der Waals surface area contributed by atoms with E-state index in [0.717, 1.165) is 28.7 Å². The van der Waals surface area contributed by atoms with Crippen molar-refractivity contribution in [3.8, 4) is 39.5 Å². The molecule has 1 amide bonds. The third-order valence-corrected chi connectivity index (χ3v) is 11.4. The second-order valence-electron chi connectivity index (χ2n) is 14.3. The van der Waals surface area contributed by atoms with Crippen LogP contribution in [0.4, 0.5) is 26.3 Å². The number of hydrogen-bond acceptors (Lipinski definition) is 7. The fourth-order valence-corrected chi connectivity index (χ4v) is 8.79. The highest BCUT2D eigenvalue weighted by Crippen LogP contribution is 2.48. The first-order valence-corrected chi connectivity index (χ1v) is 18.5. The molecule has 0 bridgehead atoms. The van der Waals surface area contributed by atoms with E-state index >= 15 is 8.78 Å². The lowest BCUT2D eigenvalue weighted by molar-refractivity contribution is -0.160. The molecule has 2 atom stereocenters. The smallest absolute Gasteiger partial charge is 0.401 e. The zero-order valence-electron chi connectivity index (χ0n) is 30.2. The number of rotatable bonds is 8. The van der Waals surface area contributed by atoms with Crippen molar-refractivity contribution in [1.29, 1.82) is 0 Å². The topological polar surface area (TPSA) is 81.3 Å². The van der Waals surface area contributed by atoms with Gasteiger partial charge < -0.3 is 14.2 Å². The maximum atomic E-state index is 16.4. The zero-order chi connectivity index (χ0) is 39.1. The lowest BCUT2D eigenvalue weighted by Gasteiger charge is -2.39. The van der Waals surface area contributed by atoms with Crippen LogP contribution in [0.5, 0.6) is 5.75 Å². The predicted octanol–water partition coefficient (Wildman–Crippen LogP) is 8.46. The summed E-state index contributed by atoms with van der Waals surface area (Å²) in [5.74, 6) is -2.76. The van der Waals surface area contributed by atoms with Gasteiger partial charge in [-0.2, -0.15) is 18.3 Å². The molecule has 0 radical (unpaired) electrons. The third kappa shape index (κ3) is 6.44. The van der Waals surface area contributed by atoms with Crippen molar-refractivity contribution < 1.29 is 35.9 Å². The van der Waals surface area contributed by atoms with Crippen molar-refractivity contribution in [2.45, 2.75) is 45.6 Å². The van der Waals surface area contributed by atoms with Crippen molar-refractivity contribution in [1.82, 2.24) is 34.1 Å². The van der Waals surface area contributed by atoms with Crippen molar-refractivity contribution in [3.63, 3.8) is 0 Å². The minimum atomic E-state index is -4.36. The molecule has 2 aliphatic heterocycles. The standard InChI is InChI=1S/C39H35F6N7O2S/c1-6-32(53)52-19(2)13-51-30(20(52)3)12-28(48-51)37-35(33-25(41)10-24(40)11-31(33)54-16-22-14-50(15-22)18-39(43,44)45)34-26(42)17-55-38(34)36(47-37)23-7-8-29-27(9-23)46-21(4)49(29)5/h6-12,17,19-20,22H,1,13-16,18H2,2-5H3/t19-,20+/m0/s1. The van der Waals surface area contributed by atoms with Gasteiger partial charge in [-0.15, -0.1) is 11.3 Å². The summed E-state index contributed by atoms with van der Waals surface area (Å²) in [4.78, 5) is 25.5. The van der Waals surface area contributed by atoms with E-state index in [9.17, 15) is 22.4 Å². The predicted molar refractivity (Wildman–Crippen MR) is 197 cm³/mol. The molecule has 1 saturated heterocycles. The Morgan fingerprint density at radius 3 is 2.51 bits per heavy atom. The number of pyridine rings is 1. The molecule has 9 nitrogen and oxygen atoms in total. The molecule has 0 N–H and O–H groups in total. The van der Waals surface area contributed by atoms with Gasteiger partial charge in [0, 0.05) is 66.1 Å². The van der Waals surface area contributed by atoms with Crippen LogP contribution in [-0.4, -0.2) is 78.5 Å². The van der Waals surface area contributed by atoms with E-state index in [1.165, 1.54) is 16.4 Å². The van der Waals surface area contributed by atoms with Crippen LogP contribution < -0.4 is 4.74 Å². The monoisotopic (exact) mass is 779 g/mol. The molecule has 0 unspecified atom stereocenters. The van der Waals surface area contributed by atoms with Crippen LogP contribution in [0.3, 0.4) is 0 Å². The largest absolute Gasteiger partial charge is 0.492 e. The zero-order valence-corrected chi connectivity index (χ0v) is 31.0. The summed E-state index contributed by atoms with van der Waals surface area (Å²) in [6.07, 6.45) is -3.12. The van der Waals surface area contributed by atoms with Crippen LogP contribution in [0.1, 0.15) is 31.4 Å². The SMILES string of the molecule is C=CC(=O)N1[C@H](C)c2cc(-c3nc(-c4ccc5c(c4)nc(C)n5C)c4scc(F)c4c3-c3c(F)cc(F)cc3OCC3CN(CC(F)(F)F)C3)nn2C[C@@H]1C. The number of aromatic nitrogens is 5. The Bertz CT molecular complexity index is 2520. The molecule has 55 heavy (non-hydrogen) atoms. The van der Waals surface area contributed by atoms with E-state index in [-0.39, 0.29) is 71.2 Å². The molecule has 16 heteroatoms. The lowest BCUT2D eigenvalue weighted by atomic mass is 9.94. The number of thiophene rings is 1. The van der Waals surface area contributed by atoms with Crippen molar-refractivity contribution in [2.24, 2.45) is 13.0 Å². The molecular formula is C39H35F6N7O2S. The van der Waals surface area contributed by atoms with Gasteiger partial charge in [0.1, 0.15) is 40.4 Å². The summed E-state index contributed by atoms with van der Waals surface area (Å²) in [7, 11) is 1.90. The summed E-state index contributed by atoms with van der Waals surface area (Å²) in [5.41, 5.74) is 3.24. The Hall–Kier alpha value is -5.22. The first-order chi connectivity index (χ1) is 26.1. The van der Waals surface area contributed by atoms with Crippen LogP contribution in [0.2, 0.25) is 0 Å². The van der Waals surface area contributed by atoms with Crippen LogP contribution >= 0.6 is 11.3 Å². The van der Waals surface area contributed by atoms with Gasteiger partial charge in [0.2, 0.25) is 5.91 Å². The number of imidazole rings is 1. The number of hydrogen-bond donors (Lipinski definition) is 0. The number of benzene rings is 2. The molecular weight excluding hydrogens is 745 g/mol. The van der Waals surface area contributed by atoms with E-state index in [2.05, 4.69) is 11.6 Å². The molecule has 0 saturated carbocycles. The van der Waals surface area contributed by atoms with Crippen LogP contribution in [-0.2, 0) is 18.4 Å². The van der Waals surface area contributed by atoms with Crippen LogP contribution in [0, 0.1) is 30.3 Å². The summed E-state index contributed by atoms with van der Waals surface area (Å²) in [6, 6.07) is 8.25. The number of amides is 1. The highest BCUT2D eigenvalue weighted by molar-refractivity contribution is 7.17. The summed E-state index contributed by atoms with van der Waals surface area (Å²) >= 11 is 1.07. The average Bonchev–Trinajstić information content (AvgIpc) is 3.79. The summed E-state index contributed by atoms with van der Waals surface area (Å²) in [5, 5.41) is 6.18. The normalized spacial score (nSPS) is 17.9. The molecule has 0 aliphatic carbocycles. The number of ether oxygens (including phenoxy) is 1. The van der Waals surface area contributed by atoms with Gasteiger partial charge in [0.15, 0.2) is 0 Å². The molecule has 6 heterocycles.